The number of sulfonamides is 1. The highest BCUT2D eigenvalue weighted by molar-refractivity contribution is 7.89. The van der Waals surface area contributed by atoms with Gasteiger partial charge in [0.25, 0.3) is 11.5 Å². The molecule has 4 aromatic rings. The van der Waals surface area contributed by atoms with Crippen molar-refractivity contribution in [2.24, 2.45) is 18.9 Å². The van der Waals surface area contributed by atoms with Gasteiger partial charge in [0.05, 0.1) is 28.9 Å². The van der Waals surface area contributed by atoms with Crippen LogP contribution < -0.4 is 20.5 Å². The second-order valence-electron chi connectivity index (χ2n) is 11.5. The molecule has 14 heteroatoms. The molecule has 0 spiro atoms. The maximum Gasteiger partial charge on any atom is 0.285 e. The zero-order valence-electron chi connectivity index (χ0n) is 24.4. The quantitative estimate of drug-likeness (QED) is 0.289. The summed E-state index contributed by atoms with van der Waals surface area (Å²) >= 11 is 6.03. The van der Waals surface area contributed by atoms with E-state index in [0.717, 1.165) is 36.0 Å². The number of piperidine rings is 1. The molecule has 0 radical (unpaired) electrons. The van der Waals surface area contributed by atoms with Crippen LogP contribution in [-0.2, 0) is 17.1 Å². The third-order valence-electron chi connectivity index (χ3n) is 8.29. The van der Waals surface area contributed by atoms with Gasteiger partial charge in [-0.1, -0.05) is 23.7 Å². The van der Waals surface area contributed by atoms with Crippen molar-refractivity contribution in [3.8, 4) is 6.07 Å². The maximum atomic E-state index is 13.7. The van der Waals surface area contributed by atoms with Crippen molar-refractivity contribution in [2.75, 3.05) is 29.6 Å². The van der Waals surface area contributed by atoms with Crippen LogP contribution in [0.5, 0.6) is 0 Å². The van der Waals surface area contributed by atoms with Crippen LogP contribution in [0.1, 0.15) is 51.8 Å². The first kappa shape index (κ1) is 29.5. The fourth-order valence-electron chi connectivity index (χ4n) is 6.26. The molecular weight excluding hydrogens is 604 g/mol. The van der Waals surface area contributed by atoms with Crippen LogP contribution in [0, 0.1) is 30.1 Å². The van der Waals surface area contributed by atoms with E-state index in [1.54, 1.807) is 29.9 Å². The summed E-state index contributed by atoms with van der Waals surface area (Å²) in [6.45, 7) is 5.24. The number of halogens is 1. The molecule has 1 aliphatic heterocycles. The van der Waals surface area contributed by atoms with Crippen molar-refractivity contribution in [1.82, 2.24) is 24.2 Å². The number of hydrogen-bond donors (Lipinski definition) is 2. The summed E-state index contributed by atoms with van der Waals surface area (Å²) in [6.07, 6.45) is 2.66. The molecule has 4 heterocycles. The van der Waals surface area contributed by atoms with Crippen LogP contribution in [0.3, 0.4) is 0 Å². The van der Waals surface area contributed by atoms with Crippen LogP contribution in [0.15, 0.2) is 47.4 Å². The number of carbonyl (C=O) groups is 1. The Morgan fingerprint density at radius 2 is 1.89 bits per heavy atom. The van der Waals surface area contributed by atoms with Gasteiger partial charge >= 0.3 is 0 Å². The standard InChI is InChI=1S/C30H29ClN8O4S/c1-15-9-19(16(2)34-23-7-8-24(31)35-27(23)28(40)37-44(4,42)43)26-20(10-15)29(41)38(3)30(36-26)39-13-21-22(14-39)25(21)17-5-6-18(11-32)33-12-17/h5-10,12,16,21-22,25,34H,13-14H2,1-4H3,(H,37,40)/t16-,21-,22+,25?/m1/s1. The SMILES string of the molecule is Cc1cc([C@@H](C)Nc2ccc(Cl)nc2C(=O)NS(C)(=O)=O)c2nc(N3C[C@@H]4C(c5ccc(C#N)nc5)[C@@H]4C3)n(C)c(=O)c2c1. The van der Waals surface area contributed by atoms with Gasteiger partial charge in [-0.2, -0.15) is 5.26 Å². The molecule has 1 saturated carbocycles. The summed E-state index contributed by atoms with van der Waals surface area (Å²) in [5.41, 5.74) is 3.56. The molecule has 1 saturated heterocycles. The Labute approximate surface area is 258 Å². The lowest BCUT2D eigenvalue weighted by atomic mass is 10.0. The number of aryl methyl sites for hydroxylation is 1. The molecule has 6 rings (SSSR count). The molecule has 1 amide bonds. The molecule has 2 aliphatic rings. The normalized spacial score (nSPS) is 19.7. The molecule has 12 nitrogen and oxygen atoms in total. The molecular formula is C30H29ClN8O4S. The number of hydrogen-bond acceptors (Lipinski definition) is 10. The summed E-state index contributed by atoms with van der Waals surface area (Å²) in [5.74, 6) is 0.836. The van der Waals surface area contributed by atoms with E-state index in [2.05, 4.69) is 26.3 Å². The molecule has 44 heavy (non-hydrogen) atoms. The summed E-state index contributed by atoms with van der Waals surface area (Å²) in [7, 11) is -2.11. The minimum absolute atomic E-state index is 0.0269. The minimum Gasteiger partial charge on any atom is -0.377 e. The Hall–Kier alpha value is -4.54. The molecule has 0 bridgehead atoms. The van der Waals surface area contributed by atoms with Crippen LogP contribution in [0.2, 0.25) is 5.15 Å². The summed E-state index contributed by atoms with van der Waals surface area (Å²) in [4.78, 5) is 41.8. The number of rotatable bonds is 7. The van der Waals surface area contributed by atoms with Gasteiger partial charge in [-0.25, -0.2) is 28.1 Å². The lowest BCUT2D eigenvalue weighted by molar-refractivity contribution is 0.0977. The number of nitrogens with one attached hydrogen (secondary N) is 2. The van der Waals surface area contributed by atoms with E-state index in [4.69, 9.17) is 21.8 Å². The predicted octanol–water partition coefficient (Wildman–Crippen LogP) is 3.27. The maximum absolute atomic E-state index is 13.7. The van der Waals surface area contributed by atoms with Gasteiger partial charge in [-0.15, -0.1) is 0 Å². The molecule has 4 atom stereocenters. The van der Waals surface area contributed by atoms with E-state index in [1.165, 1.54) is 6.07 Å². The highest BCUT2D eigenvalue weighted by Gasteiger charge is 2.57. The zero-order chi connectivity index (χ0) is 31.5. The fourth-order valence-corrected chi connectivity index (χ4v) is 6.84. The fraction of sp³-hybridized carbons (Fsp3) is 0.333. The number of pyridine rings is 2. The van der Waals surface area contributed by atoms with Crippen molar-refractivity contribution >= 4 is 50.1 Å². The Balaban J connectivity index is 1.31. The summed E-state index contributed by atoms with van der Waals surface area (Å²) in [6, 6.07) is 12.1. The van der Waals surface area contributed by atoms with Crippen LogP contribution in [0.25, 0.3) is 10.9 Å². The van der Waals surface area contributed by atoms with E-state index < -0.39 is 22.0 Å². The lowest BCUT2D eigenvalue weighted by Crippen LogP contribution is -2.32. The molecule has 2 fully saturated rings. The van der Waals surface area contributed by atoms with Crippen molar-refractivity contribution < 1.29 is 13.2 Å². The Morgan fingerprint density at radius 3 is 2.52 bits per heavy atom. The van der Waals surface area contributed by atoms with Crippen molar-refractivity contribution in [1.29, 1.82) is 5.26 Å². The Bertz CT molecular complexity index is 2030. The summed E-state index contributed by atoms with van der Waals surface area (Å²) < 4.78 is 26.9. The Morgan fingerprint density at radius 1 is 1.16 bits per heavy atom. The highest BCUT2D eigenvalue weighted by atomic mass is 35.5. The first-order valence-electron chi connectivity index (χ1n) is 13.9. The molecule has 1 unspecified atom stereocenters. The van der Waals surface area contributed by atoms with Crippen LogP contribution >= 0.6 is 11.6 Å². The number of nitriles is 1. The van der Waals surface area contributed by atoms with Crippen LogP contribution in [0.4, 0.5) is 11.6 Å². The van der Waals surface area contributed by atoms with E-state index in [-0.39, 0.29) is 22.1 Å². The molecule has 2 N–H and O–H groups in total. The molecule has 1 aliphatic carbocycles. The first-order valence-corrected chi connectivity index (χ1v) is 16.2. The van der Waals surface area contributed by atoms with Gasteiger partial charge in [0, 0.05) is 31.9 Å². The number of carbonyl (C=O) groups excluding carboxylic acids is 1. The van der Waals surface area contributed by atoms with Gasteiger partial charge in [0.2, 0.25) is 16.0 Å². The second-order valence-corrected chi connectivity index (χ2v) is 13.6. The van der Waals surface area contributed by atoms with Crippen molar-refractivity contribution in [3.63, 3.8) is 0 Å². The number of fused-ring (bicyclic) bond motifs is 2. The Kier molecular flexibility index (Phi) is 7.30. The monoisotopic (exact) mass is 632 g/mol. The molecule has 3 aromatic heterocycles. The van der Waals surface area contributed by atoms with Gasteiger partial charge in [0.15, 0.2) is 5.69 Å². The highest BCUT2D eigenvalue weighted by Crippen LogP contribution is 2.58. The third kappa shape index (κ3) is 5.46. The largest absolute Gasteiger partial charge is 0.377 e. The average molecular weight is 633 g/mol. The van der Waals surface area contributed by atoms with Gasteiger partial charge in [0.1, 0.15) is 16.9 Å². The summed E-state index contributed by atoms with van der Waals surface area (Å²) in [5, 5.41) is 12.8. The molecule has 1 aromatic carbocycles. The van der Waals surface area contributed by atoms with E-state index in [0.29, 0.717) is 40.3 Å². The number of nitrogens with zero attached hydrogens (tertiary/aromatic N) is 6. The smallest absolute Gasteiger partial charge is 0.285 e. The number of amides is 1. The van der Waals surface area contributed by atoms with Crippen molar-refractivity contribution in [2.45, 2.75) is 25.8 Å². The van der Waals surface area contributed by atoms with Crippen LogP contribution in [-0.4, -0.2) is 53.2 Å². The number of benzene rings is 1. The first-order chi connectivity index (χ1) is 20.8. The predicted molar refractivity (Wildman–Crippen MR) is 166 cm³/mol. The van der Waals surface area contributed by atoms with Crippen molar-refractivity contribution in [3.05, 3.63) is 86.2 Å². The number of anilines is 2. The third-order valence-corrected chi connectivity index (χ3v) is 9.05. The average Bonchev–Trinajstić information content (AvgIpc) is 3.47. The van der Waals surface area contributed by atoms with Gasteiger partial charge < -0.3 is 10.2 Å². The van der Waals surface area contributed by atoms with E-state index >= 15 is 0 Å². The zero-order valence-corrected chi connectivity index (χ0v) is 25.9. The number of aromatic nitrogens is 4. The molecule has 226 valence electrons. The minimum atomic E-state index is -3.84. The lowest BCUT2D eigenvalue weighted by Gasteiger charge is -2.25. The van der Waals surface area contributed by atoms with Gasteiger partial charge in [-0.3, -0.25) is 14.2 Å². The van der Waals surface area contributed by atoms with E-state index in [9.17, 15) is 18.0 Å². The van der Waals surface area contributed by atoms with E-state index in [1.807, 2.05) is 36.8 Å². The second kappa shape index (κ2) is 10.9. The topological polar surface area (TPSA) is 163 Å². The van der Waals surface area contributed by atoms with Gasteiger partial charge in [-0.05, 0) is 67.0 Å².